The predicted molar refractivity (Wildman–Crippen MR) is 169 cm³/mol. The number of amides is 5. The quantitative estimate of drug-likeness (QED) is 0.211. The van der Waals surface area contributed by atoms with Gasteiger partial charge in [0.05, 0.1) is 6.54 Å². The van der Waals surface area contributed by atoms with Crippen molar-refractivity contribution in [2.24, 2.45) is 17.8 Å². The third kappa shape index (κ3) is 13.3. The van der Waals surface area contributed by atoms with Gasteiger partial charge in [0.2, 0.25) is 23.6 Å². The van der Waals surface area contributed by atoms with E-state index in [9.17, 15) is 24.0 Å². The molecule has 4 N–H and O–H groups in total. The molecule has 0 spiro atoms. The summed E-state index contributed by atoms with van der Waals surface area (Å²) < 4.78 is 5.14. The monoisotopic (exact) mass is 615 g/mol. The lowest BCUT2D eigenvalue weighted by Gasteiger charge is -2.32. The van der Waals surface area contributed by atoms with Crippen molar-refractivity contribution < 1.29 is 28.7 Å². The van der Waals surface area contributed by atoms with Crippen LogP contribution in [0.3, 0.4) is 0 Å². The van der Waals surface area contributed by atoms with Gasteiger partial charge >= 0.3 is 6.09 Å². The molecular weight excluding hydrogens is 562 g/mol. The lowest BCUT2D eigenvalue weighted by molar-refractivity contribution is -0.141. The van der Waals surface area contributed by atoms with Crippen LogP contribution in [0.25, 0.3) is 0 Å². The van der Waals surface area contributed by atoms with E-state index in [-0.39, 0.29) is 37.4 Å². The molecule has 1 aromatic rings. The highest BCUT2D eigenvalue weighted by molar-refractivity contribution is 5.93. The Bertz CT molecular complexity index is 1060. The smallest absolute Gasteiger partial charge is 0.407 e. The normalized spacial score (nSPS) is 14.8. The first-order valence-corrected chi connectivity index (χ1v) is 16.1. The highest BCUT2D eigenvalue weighted by Crippen LogP contribution is 2.26. The average Bonchev–Trinajstić information content (AvgIpc) is 3.00. The number of rotatable bonds is 17. The molecule has 44 heavy (non-hydrogen) atoms. The minimum Gasteiger partial charge on any atom is -0.445 e. The molecule has 1 fully saturated rings. The van der Waals surface area contributed by atoms with Crippen LogP contribution in [0, 0.1) is 17.8 Å². The van der Waals surface area contributed by atoms with E-state index in [1.807, 2.05) is 37.3 Å². The number of benzene rings is 1. The number of carbonyl (C=O) groups is 5. The minimum atomic E-state index is -0.905. The summed E-state index contributed by atoms with van der Waals surface area (Å²) in [6.45, 7) is 10.0. The Morgan fingerprint density at radius 2 is 1.59 bits per heavy atom. The zero-order valence-electron chi connectivity index (χ0n) is 27.2. The van der Waals surface area contributed by atoms with E-state index in [2.05, 4.69) is 35.1 Å². The van der Waals surface area contributed by atoms with Gasteiger partial charge in [0.25, 0.3) is 0 Å². The molecule has 2 unspecified atom stereocenters. The summed E-state index contributed by atoms with van der Waals surface area (Å²) in [5, 5.41) is 11.0. The molecule has 0 saturated heterocycles. The Labute approximate surface area is 262 Å². The molecule has 11 heteroatoms. The number of ether oxygens (including phenoxy) is 1. The largest absolute Gasteiger partial charge is 0.445 e. The van der Waals surface area contributed by atoms with Crippen LogP contribution < -0.4 is 21.3 Å². The van der Waals surface area contributed by atoms with Gasteiger partial charge in [0.15, 0.2) is 0 Å². The molecule has 5 amide bonds. The Morgan fingerprint density at radius 1 is 0.909 bits per heavy atom. The fourth-order valence-electron chi connectivity index (χ4n) is 5.25. The first-order valence-electron chi connectivity index (χ1n) is 16.1. The summed E-state index contributed by atoms with van der Waals surface area (Å²) in [6.07, 6.45) is 5.61. The van der Waals surface area contributed by atoms with Gasteiger partial charge in [0.1, 0.15) is 25.2 Å². The third-order valence-electron chi connectivity index (χ3n) is 7.74. The Hall–Kier alpha value is -3.63. The number of nitrogens with zero attached hydrogens (tertiary/aromatic N) is 1. The summed E-state index contributed by atoms with van der Waals surface area (Å²) in [5.41, 5.74) is 0.814. The van der Waals surface area contributed by atoms with Gasteiger partial charge in [-0.3, -0.25) is 19.2 Å². The fraction of sp³-hybridized carbons (Fsp3) is 0.667. The first-order chi connectivity index (χ1) is 21.0. The predicted octanol–water partition coefficient (Wildman–Crippen LogP) is 3.52. The Kier molecular flexibility index (Phi) is 16.3. The molecule has 0 aliphatic heterocycles. The molecule has 2 atom stereocenters. The molecule has 246 valence electrons. The van der Waals surface area contributed by atoms with Crippen molar-refractivity contribution in [1.29, 1.82) is 0 Å². The fourth-order valence-corrected chi connectivity index (χ4v) is 5.25. The summed E-state index contributed by atoms with van der Waals surface area (Å²) in [4.78, 5) is 66.2. The van der Waals surface area contributed by atoms with Crippen molar-refractivity contribution in [3.63, 3.8) is 0 Å². The molecule has 2 rings (SSSR count). The van der Waals surface area contributed by atoms with Crippen LogP contribution in [0.5, 0.6) is 0 Å². The Morgan fingerprint density at radius 3 is 2.20 bits per heavy atom. The zero-order valence-corrected chi connectivity index (χ0v) is 27.2. The standard InChI is InChI=1S/C33H53N5O6/c1-6-19-38(21-28(40)37-30(26-15-11-8-12-16-26)31(41)34-18-17-23(2)3)32(42)29(24(4)5)36-27(39)20-35-33(43)44-22-25-13-9-7-10-14-25/h7,9-10,13-14,23-24,26,29-30H,6,8,11-12,15-22H2,1-5H3,(H,34,41)(H,35,43)(H,36,39)(H,37,40). The molecular formula is C33H53N5O6. The number of nitrogens with one attached hydrogen (secondary N) is 4. The Balaban J connectivity index is 1.98. The van der Waals surface area contributed by atoms with Gasteiger partial charge in [-0.15, -0.1) is 0 Å². The van der Waals surface area contributed by atoms with Crippen molar-refractivity contribution in [1.82, 2.24) is 26.2 Å². The lowest BCUT2D eigenvalue weighted by Crippen LogP contribution is -2.57. The van der Waals surface area contributed by atoms with Crippen molar-refractivity contribution in [3.8, 4) is 0 Å². The molecule has 1 saturated carbocycles. The van der Waals surface area contributed by atoms with Gasteiger partial charge in [-0.2, -0.15) is 0 Å². The van der Waals surface area contributed by atoms with Crippen molar-refractivity contribution in [2.75, 3.05) is 26.2 Å². The van der Waals surface area contributed by atoms with E-state index < -0.39 is 35.9 Å². The average molecular weight is 616 g/mol. The van der Waals surface area contributed by atoms with Gasteiger partial charge in [-0.1, -0.05) is 84.2 Å². The maximum Gasteiger partial charge on any atom is 0.407 e. The van der Waals surface area contributed by atoms with E-state index in [1.54, 1.807) is 13.8 Å². The lowest BCUT2D eigenvalue weighted by atomic mass is 9.83. The van der Waals surface area contributed by atoms with Crippen LogP contribution in [0.15, 0.2) is 30.3 Å². The van der Waals surface area contributed by atoms with E-state index in [0.717, 1.165) is 44.1 Å². The topological polar surface area (TPSA) is 146 Å². The third-order valence-corrected chi connectivity index (χ3v) is 7.74. The van der Waals surface area contributed by atoms with E-state index >= 15 is 0 Å². The van der Waals surface area contributed by atoms with Gasteiger partial charge in [-0.25, -0.2) is 4.79 Å². The van der Waals surface area contributed by atoms with Crippen LogP contribution in [0.1, 0.15) is 85.1 Å². The maximum absolute atomic E-state index is 13.6. The van der Waals surface area contributed by atoms with E-state index in [0.29, 0.717) is 25.4 Å². The number of hydrogen-bond acceptors (Lipinski definition) is 6. The molecule has 1 aliphatic carbocycles. The second-order valence-electron chi connectivity index (χ2n) is 12.4. The van der Waals surface area contributed by atoms with E-state index in [4.69, 9.17) is 4.74 Å². The van der Waals surface area contributed by atoms with Crippen LogP contribution in [-0.2, 0) is 30.5 Å². The molecule has 1 aromatic carbocycles. The minimum absolute atomic E-state index is 0.0525. The second kappa shape index (κ2) is 19.6. The van der Waals surface area contributed by atoms with Crippen molar-refractivity contribution in [2.45, 2.75) is 98.3 Å². The van der Waals surface area contributed by atoms with Crippen LogP contribution in [-0.4, -0.2) is 72.9 Å². The van der Waals surface area contributed by atoms with Gasteiger partial charge in [-0.05, 0) is 49.0 Å². The zero-order chi connectivity index (χ0) is 32.5. The summed E-state index contributed by atoms with van der Waals surface area (Å²) in [5.74, 6) is -1.31. The summed E-state index contributed by atoms with van der Waals surface area (Å²) in [7, 11) is 0. The molecule has 0 bridgehead atoms. The summed E-state index contributed by atoms with van der Waals surface area (Å²) >= 11 is 0. The van der Waals surface area contributed by atoms with Crippen molar-refractivity contribution in [3.05, 3.63) is 35.9 Å². The molecule has 11 nitrogen and oxygen atoms in total. The second-order valence-corrected chi connectivity index (χ2v) is 12.4. The van der Waals surface area contributed by atoms with E-state index in [1.165, 1.54) is 4.90 Å². The van der Waals surface area contributed by atoms with Gasteiger partial charge in [0, 0.05) is 13.1 Å². The molecule has 1 aliphatic rings. The molecule has 0 heterocycles. The number of alkyl carbamates (subject to hydrolysis) is 1. The SMILES string of the molecule is CCCN(CC(=O)NC(C(=O)NCCC(C)C)C1CCCCC1)C(=O)C(NC(=O)CNC(=O)OCc1ccccc1)C(C)C. The first kappa shape index (κ1) is 36.6. The van der Waals surface area contributed by atoms with Crippen molar-refractivity contribution >= 4 is 29.7 Å². The van der Waals surface area contributed by atoms with Crippen LogP contribution in [0.2, 0.25) is 0 Å². The maximum atomic E-state index is 13.6. The number of hydrogen-bond donors (Lipinski definition) is 4. The number of carbonyl (C=O) groups excluding carboxylic acids is 5. The van der Waals surface area contributed by atoms with Crippen LogP contribution in [0.4, 0.5) is 4.79 Å². The van der Waals surface area contributed by atoms with Gasteiger partial charge < -0.3 is 30.9 Å². The van der Waals surface area contributed by atoms with Crippen LogP contribution >= 0.6 is 0 Å². The highest BCUT2D eigenvalue weighted by atomic mass is 16.5. The summed E-state index contributed by atoms with van der Waals surface area (Å²) in [6, 6.07) is 7.61. The molecule has 0 radical (unpaired) electrons. The molecule has 0 aromatic heterocycles. The highest BCUT2D eigenvalue weighted by Gasteiger charge is 2.33.